The van der Waals surface area contributed by atoms with Crippen LogP contribution in [-0.2, 0) is 4.79 Å². The van der Waals surface area contributed by atoms with Crippen molar-refractivity contribution in [1.82, 2.24) is 0 Å². The van der Waals surface area contributed by atoms with Crippen molar-refractivity contribution in [3.05, 3.63) is 54.9 Å². The molecule has 0 aliphatic rings. The third-order valence-electron chi connectivity index (χ3n) is 3.64. The maximum absolute atomic E-state index is 12.4. The topological polar surface area (TPSA) is 55.8 Å². The van der Waals surface area contributed by atoms with E-state index in [0.717, 1.165) is 5.56 Å². The summed E-state index contributed by atoms with van der Waals surface area (Å²) in [4.78, 5) is 12.4. The third kappa shape index (κ3) is 5.57. The quantitative estimate of drug-likeness (QED) is 0.499. The van der Waals surface area contributed by atoms with Crippen LogP contribution in [0.3, 0.4) is 0 Å². The van der Waals surface area contributed by atoms with Gasteiger partial charge in [-0.25, -0.2) is 0 Å². The van der Waals surface area contributed by atoms with Crippen LogP contribution in [0.5, 0.6) is 11.5 Å². The summed E-state index contributed by atoms with van der Waals surface area (Å²) in [5, 5.41) is 11.4. The van der Waals surface area contributed by atoms with Crippen molar-refractivity contribution in [1.29, 1.82) is 0 Å². The van der Waals surface area contributed by atoms with E-state index in [1.54, 1.807) is 19.1 Å². The summed E-state index contributed by atoms with van der Waals surface area (Å²) in [5.41, 5.74) is 0.744. The first-order valence-corrected chi connectivity index (χ1v) is 9.61. The predicted molar refractivity (Wildman–Crippen MR) is 109 cm³/mol. The number of rotatable bonds is 7. The van der Waals surface area contributed by atoms with E-state index in [-0.39, 0.29) is 38.2 Å². The molecule has 1 unspecified atom stereocenters. The number of halogens is 5. The number of Topliss-reactive ketones (excluding diaryl/α,β-unsaturated/α-hetero) is 1. The van der Waals surface area contributed by atoms with E-state index in [2.05, 4.69) is 0 Å². The molecule has 0 bridgehead atoms. The molecule has 0 fully saturated rings. The van der Waals surface area contributed by atoms with Crippen LogP contribution in [0, 0.1) is 6.92 Å². The second-order valence-corrected chi connectivity index (χ2v) is 7.70. The average molecular weight is 473 g/mol. The molecule has 2 aromatic carbocycles. The highest BCUT2D eigenvalue weighted by molar-refractivity contribution is 6.43. The number of ether oxygens (including phenoxy) is 2. The monoisotopic (exact) mass is 470 g/mol. The molecule has 0 heterocycles. The molecule has 0 amide bonds. The number of aliphatic hydroxyl groups is 1. The Kier molecular flexibility index (Phi) is 7.93. The van der Waals surface area contributed by atoms with Gasteiger partial charge in [0.1, 0.15) is 18.5 Å². The predicted octanol–water partition coefficient (Wildman–Crippen LogP) is 6.04. The van der Waals surface area contributed by atoms with Gasteiger partial charge in [0.2, 0.25) is 5.78 Å². The largest absolute Gasteiger partial charge is 0.489 e. The number of aryl methyl sites for hydroxylation is 1. The number of carbonyl (C=O) groups excluding carboxylic acids is 1. The van der Waals surface area contributed by atoms with Crippen molar-refractivity contribution < 1.29 is 19.4 Å². The molecule has 146 valence electrons. The van der Waals surface area contributed by atoms with Crippen molar-refractivity contribution in [2.75, 3.05) is 6.61 Å². The Morgan fingerprint density at radius 2 is 1.67 bits per heavy atom. The van der Waals surface area contributed by atoms with E-state index >= 15 is 0 Å². The van der Waals surface area contributed by atoms with Gasteiger partial charge < -0.3 is 14.6 Å². The summed E-state index contributed by atoms with van der Waals surface area (Å²) in [5.74, 6) is -0.240. The number of carbonyl (C=O) groups is 1. The van der Waals surface area contributed by atoms with Gasteiger partial charge in [0.05, 0.1) is 25.1 Å². The van der Waals surface area contributed by atoms with Crippen LogP contribution in [0.2, 0.25) is 25.1 Å². The lowest BCUT2D eigenvalue weighted by molar-refractivity contribution is -0.134. The first kappa shape index (κ1) is 22.4. The second kappa shape index (κ2) is 9.55. The fourth-order valence-electron chi connectivity index (χ4n) is 2.11. The maximum atomic E-state index is 12.4. The van der Waals surface area contributed by atoms with Crippen LogP contribution >= 0.6 is 58.0 Å². The molecule has 4 nitrogen and oxygen atoms in total. The summed E-state index contributed by atoms with van der Waals surface area (Å²) in [7, 11) is 0. The van der Waals surface area contributed by atoms with Crippen LogP contribution in [0.1, 0.15) is 12.5 Å². The van der Waals surface area contributed by atoms with Crippen LogP contribution < -0.4 is 9.47 Å². The Morgan fingerprint density at radius 1 is 1.04 bits per heavy atom. The van der Waals surface area contributed by atoms with E-state index in [9.17, 15) is 9.90 Å². The van der Waals surface area contributed by atoms with E-state index < -0.39 is 18.0 Å². The lowest BCUT2D eigenvalue weighted by Gasteiger charge is -2.20. The van der Waals surface area contributed by atoms with Gasteiger partial charge in [0.25, 0.3) is 0 Å². The highest BCUT2D eigenvalue weighted by Gasteiger charge is 2.26. The minimum Gasteiger partial charge on any atom is -0.489 e. The fraction of sp³-hybridized carbons (Fsp3) is 0.278. The molecule has 0 aliphatic carbocycles. The summed E-state index contributed by atoms with van der Waals surface area (Å²) >= 11 is 30.0. The van der Waals surface area contributed by atoms with E-state index in [1.807, 2.05) is 0 Å². The molecule has 2 aromatic rings. The number of aliphatic hydroxyl groups excluding tert-OH is 1. The number of hydrogen-bond acceptors (Lipinski definition) is 4. The smallest absolute Gasteiger partial charge is 0.204 e. The SMILES string of the molecule is Cc1ccc(Cl)c(OC(C)C(=O)[C@H](O)COc2cc(Cl)c(Cl)cc2Cl)c1Cl. The van der Waals surface area contributed by atoms with Gasteiger partial charge in [-0.1, -0.05) is 64.1 Å². The Morgan fingerprint density at radius 3 is 2.33 bits per heavy atom. The number of hydrogen-bond donors (Lipinski definition) is 1. The standard InChI is InChI=1S/C18H15Cl5O4/c1-8-3-4-10(19)18(16(8)23)27-9(2)17(25)14(24)7-26-15-6-12(21)11(20)5-13(15)22/h3-6,9,14,24H,7H2,1-2H3/t9?,14-/m1/s1. The van der Waals surface area contributed by atoms with Crippen molar-refractivity contribution in [2.24, 2.45) is 0 Å². The molecule has 2 atom stereocenters. The molecule has 2 rings (SSSR count). The summed E-state index contributed by atoms with van der Waals surface area (Å²) in [6.07, 6.45) is -2.47. The highest BCUT2D eigenvalue weighted by Crippen LogP contribution is 2.36. The highest BCUT2D eigenvalue weighted by atomic mass is 35.5. The van der Waals surface area contributed by atoms with Crippen LogP contribution in [0.25, 0.3) is 0 Å². The minimum absolute atomic E-state index is 0.180. The second-order valence-electron chi connectivity index (χ2n) is 5.69. The van der Waals surface area contributed by atoms with Crippen LogP contribution in [-0.4, -0.2) is 29.7 Å². The lowest BCUT2D eigenvalue weighted by atomic mass is 10.1. The van der Waals surface area contributed by atoms with Gasteiger partial charge in [-0.05, 0) is 31.5 Å². The maximum Gasteiger partial charge on any atom is 0.204 e. The fourth-order valence-corrected chi connectivity index (χ4v) is 3.16. The summed E-state index contributed by atoms with van der Waals surface area (Å²) < 4.78 is 10.9. The summed E-state index contributed by atoms with van der Waals surface area (Å²) in [6, 6.07) is 6.15. The Labute approximate surface area is 181 Å². The zero-order valence-electron chi connectivity index (χ0n) is 14.2. The number of benzene rings is 2. The van der Waals surface area contributed by atoms with Crippen LogP contribution in [0.4, 0.5) is 0 Å². The molecule has 0 spiro atoms. The van der Waals surface area contributed by atoms with E-state index in [0.29, 0.717) is 5.02 Å². The third-order valence-corrected chi connectivity index (χ3v) is 5.42. The van der Waals surface area contributed by atoms with E-state index in [1.165, 1.54) is 19.1 Å². The van der Waals surface area contributed by atoms with Crippen LogP contribution in [0.15, 0.2) is 24.3 Å². The average Bonchev–Trinajstić information content (AvgIpc) is 2.62. The molecule has 0 aromatic heterocycles. The van der Waals surface area contributed by atoms with Gasteiger partial charge in [0.15, 0.2) is 11.9 Å². The van der Waals surface area contributed by atoms with Crippen molar-refractivity contribution in [3.8, 4) is 11.5 Å². The van der Waals surface area contributed by atoms with Gasteiger partial charge in [-0.15, -0.1) is 0 Å². The molecule has 0 saturated heterocycles. The molecule has 0 saturated carbocycles. The molecule has 27 heavy (non-hydrogen) atoms. The molecular weight excluding hydrogens is 457 g/mol. The van der Waals surface area contributed by atoms with Gasteiger partial charge in [-0.3, -0.25) is 4.79 Å². The zero-order valence-corrected chi connectivity index (χ0v) is 18.0. The van der Waals surface area contributed by atoms with Gasteiger partial charge in [0, 0.05) is 6.07 Å². The van der Waals surface area contributed by atoms with Crippen molar-refractivity contribution >= 4 is 63.8 Å². The molecule has 1 N–H and O–H groups in total. The normalized spacial score (nSPS) is 13.2. The molecule has 0 aliphatic heterocycles. The van der Waals surface area contributed by atoms with E-state index in [4.69, 9.17) is 67.5 Å². The van der Waals surface area contributed by atoms with Gasteiger partial charge >= 0.3 is 0 Å². The lowest BCUT2D eigenvalue weighted by Crippen LogP contribution is -2.37. The molecule has 9 heteroatoms. The first-order chi connectivity index (χ1) is 12.6. The Balaban J connectivity index is 2.03. The first-order valence-electron chi connectivity index (χ1n) is 7.72. The minimum atomic E-state index is -1.46. The number of ketones is 1. The molecule has 0 radical (unpaired) electrons. The summed E-state index contributed by atoms with van der Waals surface area (Å²) in [6.45, 7) is 2.91. The zero-order chi connectivity index (χ0) is 20.3. The Hall–Kier alpha value is -0.880. The van der Waals surface area contributed by atoms with Crippen molar-refractivity contribution in [3.63, 3.8) is 0 Å². The van der Waals surface area contributed by atoms with Gasteiger partial charge in [-0.2, -0.15) is 0 Å². The molecular formula is C18H15Cl5O4. The van der Waals surface area contributed by atoms with Crippen molar-refractivity contribution in [2.45, 2.75) is 26.1 Å². The Bertz CT molecular complexity index is 856.